The Morgan fingerprint density at radius 2 is 1.60 bits per heavy atom. The molecular weight excluding hydrogens is 444 g/mol. The molecule has 7 heteroatoms. The zero-order valence-electron chi connectivity index (χ0n) is 20.5. The predicted octanol–water partition coefficient (Wildman–Crippen LogP) is 4.56. The number of carbonyl (C=O) groups is 3. The molecule has 186 valence electrons. The zero-order chi connectivity index (χ0) is 25.2. The lowest BCUT2D eigenvalue weighted by atomic mass is 9.86. The highest BCUT2D eigenvalue weighted by Crippen LogP contribution is 2.44. The first-order valence-corrected chi connectivity index (χ1v) is 12.3. The number of rotatable bonds is 7. The van der Waals surface area contributed by atoms with E-state index in [9.17, 15) is 19.5 Å². The molecule has 2 aromatic rings. The van der Waals surface area contributed by atoms with Crippen LogP contribution >= 0.6 is 0 Å². The molecule has 35 heavy (non-hydrogen) atoms. The van der Waals surface area contributed by atoms with Crippen LogP contribution in [-0.4, -0.2) is 42.3 Å². The molecule has 0 aliphatic heterocycles. The van der Waals surface area contributed by atoms with Gasteiger partial charge in [-0.2, -0.15) is 0 Å². The third-order valence-corrected chi connectivity index (χ3v) is 7.25. The Morgan fingerprint density at radius 1 is 1.00 bits per heavy atom. The van der Waals surface area contributed by atoms with Crippen LogP contribution < -0.4 is 10.6 Å². The number of alkyl carbamates (subject to hydrolysis) is 1. The summed E-state index contributed by atoms with van der Waals surface area (Å²) < 4.78 is 5.63. The summed E-state index contributed by atoms with van der Waals surface area (Å²) in [6.45, 7) is 6.07. The number of nitrogens with one attached hydrogen (secondary N) is 2. The topological polar surface area (TPSA) is 105 Å². The highest BCUT2D eigenvalue weighted by Gasteiger charge is 2.37. The average molecular weight is 479 g/mol. The quantitative estimate of drug-likeness (QED) is 0.541. The number of hydrogen-bond donors (Lipinski definition) is 3. The number of fused-ring (bicyclic) bond motifs is 3. The van der Waals surface area contributed by atoms with Gasteiger partial charge in [-0.3, -0.25) is 9.59 Å². The third kappa shape index (κ3) is 5.34. The van der Waals surface area contributed by atoms with Gasteiger partial charge in [-0.25, -0.2) is 4.79 Å². The molecule has 0 bridgehead atoms. The van der Waals surface area contributed by atoms with Gasteiger partial charge in [-0.05, 0) is 46.4 Å². The SMILES string of the molecule is CC(C)(C)C(NC(=O)OCC1c2ccccc2-c2ccccc21)C(=O)NC[C@@H]1CCC[C@@H]1C(=O)O. The molecule has 0 heterocycles. The fraction of sp³-hybridized carbons (Fsp3) is 0.464. The standard InChI is InChI=1S/C28H34N2O5/c1-28(2,3)24(25(31)29-15-17-9-8-14-18(17)26(32)33)30-27(34)35-16-23-21-12-6-4-10-19(21)20-11-5-7-13-22(20)23/h4-7,10-13,17-18,23-24H,8-9,14-16H2,1-3H3,(H,29,31)(H,30,34)(H,32,33)/t17-,18-,24?/m0/s1. The molecule has 2 aliphatic carbocycles. The van der Waals surface area contributed by atoms with Gasteiger partial charge in [0, 0.05) is 12.5 Å². The van der Waals surface area contributed by atoms with E-state index in [2.05, 4.69) is 34.9 Å². The fourth-order valence-electron chi connectivity index (χ4n) is 5.37. The van der Waals surface area contributed by atoms with Crippen LogP contribution in [0.15, 0.2) is 48.5 Å². The largest absolute Gasteiger partial charge is 0.481 e. The van der Waals surface area contributed by atoms with Gasteiger partial charge in [0.25, 0.3) is 0 Å². The van der Waals surface area contributed by atoms with E-state index in [1.807, 2.05) is 45.0 Å². The number of carboxylic acid groups (broad SMARTS) is 1. The Labute approximate surface area is 206 Å². The normalized spacial score (nSPS) is 20.0. The van der Waals surface area contributed by atoms with Crippen molar-refractivity contribution in [3.63, 3.8) is 0 Å². The average Bonchev–Trinajstić information content (AvgIpc) is 3.42. The first kappa shape index (κ1) is 24.8. The minimum absolute atomic E-state index is 0.0645. The first-order valence-electron chi connectivity index (χ1n) is 12.3. The molecule has 0 saturated heterocycles. The fourth-order valence-corrected chi connectivity index (χ4v) is 5.37. The number of hydrogen-bond acceptors (Lipinski definition) is 4. The van der Waals surface area contributed by atoms with E-state index in [1.165, 1.54) is 0 Å². The molecule has 1 saturated carbocycles. The molecule has 2 amide bonds. The highest BCUT2D eigenvalue weighted by atomic mass is 16.5. The van der Waals surface area contributed by atoms with E-state index >= 15 is 0 Å². The second kappa shape index (κ2) is 10.1. The smallest absolute Gasteiger partial charge is 0.407 e. The summed E-state index contributed by atoms with van der Waals surface area (Å²) in [6, 6.07) is 15.4. The molecule has 0 aromatic heterocycles. The lowest BCUT2D eigenvalue weighted by Crippen LogP contribution is -2.54. The molecule has 0 radical (unpaired) electrons. The van der Waals surface area contributed by atoms with Gasteiger partial charge in [-0.1, -0.05) is 75.7 Å². The molecule has 0 spiro atoms. The van der Waals surface area contributed by atoms with Crippen molar-refractivity contribution in [2.75, 3.05) is 13.2 Å². The number of amides is 2. The van der Waals surface area contributed by atoms with Crippen molar-refractivity contribution in [2.24, 2.45) is 17.3 Å². The van der Waals surface area contributed by atoms with E-state index in [0.29, 0.717) is 6.42 Å². The van der Waals surface area contributed by atoms with Crippen molar-refractivity contribution in [1.29, 1.82) is 0 Å². The van der Waals surface area contributed by atoms with Crippen molar-refractivity contribution in [3.8, 4) is 11.1 Å². The van der Waals surface area contributed by atoms with Gasteiger partial charge >= 0.3 is 12.1 Å². The maximum Gasteiger partial charge on any atom is 0.407 e. The second-order valence-electron chi connectivity index (χ2n) is 10.6. The number of carboxylic acids is 1. The number of carbonyl (C=O) groups excluding carboxylic acids is 2. The van der Waals surface area contributed by atoms with Crippen LogP contribution in [0.4, 0.5) is 4.79 Å². The summed E-state index contributed by atoms with van der Waals surface area (Å²) in [5, 5.41) is 15.0. The Kier molecular flexibility index (Phi) is 7.15. The molecular formula is C28H34N2O5. The summed E-state index contributed by atoms with van der Waals surface area (Å²) >= 11 is 0. The molecule has 7 nitrogen and oxygen atoms in total. The summed E-state index contributed by atoms with van der Waals surface area (Å²) in [6.07, 6.45) is 1.61. The Balaban J connectivity index is 1.38. The summed E-state index contributed by atoms with van der Waals surface area (Å²) in [5.41, 5.74) is 3.98. The Bertz CT molecular complexity index is 1060. The second-order valence-corrected chi connectivity index (χ2v) is 10.6. The Hall–Kier alpha value is -3.35. The lowest BCUT2D eigenvalue weighted by molar-refractivity contribution is -0.143. The monoisotopic (exact) mass is 478 g/mol. The van der Waals surface area contributed by atoms with Gasteiger partial charge in [0.05, 0.1) is 5.92 Å². The molecule has 1 fully saturated rings. The molecule has 2 aromatic carbocycles. The van der Waals surface area contributed by atoms with Crippen molar-refractivity contribution in [3.05, 3.63) is 59.7 Å². The van der Waals surface area contributed by atoms with Crippen molar-refractivity contribution < 1.29 is 24.2 Å². The van der Waals surface area contributed by atoms with Gasteiger partial charge in [0.1, 0.15) is 12.6 Å². The number of aliphatic carboxylic acids is 1. The molecule has 3 N–H and O–H groups in total. The lowest BCUT2D eigenvalue weighted by Gasteiger charge is -2.30. The number of benzene rings is 2. The summed E-state index contributed by atoms with van der Waals surface area (Å²) in [4.78, 5) is 37.3. The molecule has 1 unspecified atom stereocenters. The summed E-state index contributed by atoms with van der Waals surface area (Å²) in [7, 11) is 0. The molecule has 4 rings (SSSR count). The van der Waals surface area contributed by atoms with Crippen LogP contribution in [0, 0.1) is 17.3 Å². The zero-order valence-corrected chi connectivity index (χ0v) is 20.5. The minimum Gasteiger partial charge on any atom is -0.481 e. The van der Waals surface area contributed by atoms with Crippen molar-refractivity contribution >= 4 is 18.0 Å². The van der Waals surface area contributed by atoms with Crippen LogP contribution in [0.25, 0.3) is 11.1 Å². The van der Waals surface area contributed by atoms with E-state index in [4.69, 9.17) is 4.74 Å². The maximum atomic E-state index is 13.0. The Morgan fingerprint density at radius 3 is 2.17 bits per heavy atom. The first-order chi connectivity index (χ1) is 16.7. The van der Waals surface area contributed by atoms with Crippen LogP contribution in [0.2, 0.25) is 0 Å². The van der Waals surface area contributed by atoms with Crippen LogP contribution in [-0.2, 0) is 14.3 Å². The van der Waals surface area contributed by atoms with Crippen molar-refractivity contribution in [2.45, 2.75) is 52.0 Å². The van der Waals surface area contributed by atoms with Crippen LogP contribution in [0.3, 0.4) is 0 Å². The van der Waals surface area contributed by atoms with Crippen LogP contribution in [0.5, 0.6) is 0 Å². The van der Waals surface area contributed by atoms with E-state index in [-0.39, 0.29) is 30.9 Å². The van der Waals surface area contributed by atoms with Crippen LogP contribution in [0.1, 0.15) is 57.1 Å². The minimum atomic E-state index is -0.817. The van der Waals surface area contributed by atoms with E-state index in [1.54, 1.807) is 0 Å². The summed E-state index contributed by atoms with van der Waals surface area (Å²) in [5.74, 6) is -1.73. The molecule has 2 aliphatic rings. The maximum absolute atomic E-state index is 13.0. The van der Waals surface area contributed by atoms with Gasteiger partial charge in [0.15, 0.2) is 0 Å². The van der Waals surface area contributed by atoms with E-state index < -0.39 is 29.4 Å². The third-order valence-electron chi connectivity index (χ3n) is 7.25. The van der Waals surface area contributed by atoms with Gasteiger partial charge < -0.3 is 20.5 Å². The highest BCUT2D eigenvalue weighted by molar-refractivity contribution is 5.86. The van der Waals surface area contributed by atoms with E-state index in [0.717, 1.165) is 35.1 Å². The number of ether oxygens (including phenoxy) is 1. The van der Waals surface area contributed by atoms with Gasteiger partial charge in [-0.15, -0.1) is 0 Å². The predicted molar refractivity (Wildman–Crippen MR) is 133 cm³/mol. The molecule has 3 atom stereocenters. The van der Waals surface area contributed by atoms with Crippen molar-refractivity contribution in [1.82, 2.24) is 10.6 Å². The van der Waals surface area contributed by atoms with Gasteiger partial charge in [0.2, 0.25) is 5.91 Å².